The SMILES string of the molecule is Cc1ccc(/C=C/C=C/[Si](C)(C)c2ccccc2)cc1. The summed E-state index contributed by atoms with van der Waals surface area (Å²) in [6.45, 7) is 6.86. The molecule has 0 fully saturated rings. The van der Waals surface area contributed by atoms with Gasteiger partial charge in [-0.05, 0) is 12.5 Å². The topological polar surface area (TPSA) is 0 Å². The van der Waals surface area contributed by atoms with E-state index in [1.165, 1.54) is 16.3 Å². The Labute approximate surface area is 123 Å². The first-order chi connectivity index (χ1) is 9.58. The molecule has 20 heavy (non-hydrogen) atoms. The summed E-state index contributed by atoms with van der Waals surface area (Å²) in [5, 5.41) is 1.47. The molecule has 102 valence electrons. The van der Waals surface area contributed by atoms with Crippen molar-refractivity contribution in [3.63, 3.8) is 0 Å². The number of hydrogen-bond donors (Lipinski definition) is 0. The zero-order valence-corrected chi connectivity index (χ0v) is 13.5. The highest BCUT2D eigenvalue weighted by Gasteiger charge is 2.18. The van der Waals surface area contributed by atoms with Gasteiger partial charge in [0.1, 0.15) is 8.07 Å². The number of allylic oxidation sites excluding steroid dienone is 2. The van der Waals surface area contributed by atoms with Crippen LogP contribution >= 0.6 is 0 Å². The molecule has 1 heteroatoms. The second-order valence-corrected chi connectivity index (χ2v) is 10.1. The van der Waals surface area contributed by atoms with Gasteiger partial charge in [-0.2, -0.15) is 0 Å². The Hall–Kier alpha value is -1.86. The van der Waals surface area contributed by atoms with Crippen LogP contribution in [0.2, 0.25) is 13.1 Å². The first-order valence-corrected chi connectivity index (χ1v) is 10.1. The van der Waals surface area contributed by atoms with Crippen molar-refractivity contribution in [2.24, 2.45) is 0 Å². The molecule has 0 unspecified atom stereocenters. The Kier molecular flexibility index (Phi) is 4.75. The van der Waals surface area contributed by atoms with E-state index in [-0.39, 0.29) is 0 Å². The number of benzene rings is 2. The predicted molar refractivity (Wildman–Crippen MR) is 92.9 cm³/mol. The molecule has 0 heterocycles. The van der Waals surface area contributed by atoms with E-state index in [0.29, 0.717) is 0 Å². The van der Waals surface area contributed by atoms with Crippen LogP contribution in [0.4, 0.5) is 0 Å². The van der Waals surface area contributed by atoms with E-state index in [2.05, 4.69) is 98.5 Å². The van der Waals surface area contributed by atoms with Gasteiger partial charge in [0.05, 0.1) is 0 Å². The summed E-state index contributed by atoms with van der Waals surface area (Å²) >= 11 is 0. The van der Waals surface area contributed by atoms with Gasteiger partial charge in [-0.15, -0.1) is 0 Å². The van der Waals surface area contributed by atoms with Crippen molar-refractivity contribution in [1.82, 2.24) is 0 Å². The van der Waals surface area contributed by atoms with Gasteiger partial charge in [-0.25, -0.2) is 0 Å². The van der Waals surface area contributed by atoms with Crippen LogP contribution in [0.1, 0.15) is 11.1 Å². The van der Waals surface area contributed by atoms with Gasteiger partial charge >= 0.3 is 0 Å². The van der Waals surface area contributed by atoms with Gasteiger partial charge in [0.25, 0.3) is 0 Å². The average Bonchev–Trinajstić information content (AvgIpc) is 2.46. The largest absolute Gasteiger partial charge is 0.104 e. The molecule has 0 amide bonds. The molecule has 0 N–H and O–H groups in total. The van der Waals surface area contributed by atoms with Crippen molar-refractivity contribution in [3.8, 4) is 0 Å². The maximum atomic E-state index is 2.38. The zero-order chi connectivity index (χ0) is 14.4. The third-order valence-electron chi connectivity index (χ3n) is 3.51. The fraction of sp³-hybridized carbons (Fsp3) is 0.158. The number of hydrogen-bond acceptors (Lipinski definition) is 0. The molecule has 0 radical (unpaired) electrons. The highest BCUT2D eigenvalue weighted by atomic mass is 28.3. The Morgan fingerprint density at radius 1 is 0.800 bits per heavy atom. The summed E-state index contributed by atoms with van der Waals surface area (Å²) in [6, 6.07) is 19.4. The van der Waals surface area contributed by atoms with Crippen molar-refractivity contribution in [1.29, 1.82) is 0 Å². The van der Waals surface area contributed by atoms with Crippen LogP contribution in [0.3, 0.4) is 0 Å². The van der Waals surface area contributed by atoms with Gasteiger partial charge in [0, 0.05) is 0 Å². The lowest BCUT2D eigenvalue weighted by molar-refractivity contribution is 1.46. The molecule has 0 aliphatic heterocycles. The molecule has 2 aromatic carbocycles. The quantitative estimate of drug-likeness (QED) is 0.561. The number of aryl methyl sites for hydroxylation is 1. The lowest BCUT2D eigenvalue weighted by atomic mass is 10.1. The molecular formula is C19H22Si. The molecule has 0 saturated heterocycles. The van der Waals surface area contributed by atoms with E-state index in [0.717, 1.165) is 0 Å². The molecular weight excluding hydrogens is 256 g/mol. The Morgan fingerprint density at radius 2 is 1.45 bits per heavy atom. The minimum absolute atomic E-state index is 1.25. The van der Waals surface area contributed by atoms with E-state index in [9.17, 15) is 0 Å². The molecule has 0 spiro atoms. The summed E-state index contributed by atoms with van der Waals surface area (Å²) in [6.07, 6.45) is 6.49. The van der Waals surface area contributed by atoms with Gasteiger partial charge in [-0.1, -0.05) is 102 Å². The molecule has 0 saturated carbocycles. The van der Waals surface area contributed by atoms with E-state index in [1.807, 2.05) is 0 Å². The molecule has 0 aliphatic rings. The van der Waals surface area contributed by atoms with E-state index in [1.54, 1.807) is 0 Å². The van der Waals surface area contributed by atoms with Crippen molar-refractivity contribution in [2.45, 2.75) is 20.0 Å². The second kappa shape index (κ2) is 6.53. The van der Waals surface area contributed by atoms with Gasteiger partial charge < -0.3 is 0 Å². The molecule has 2 rings (SSSR count). The molecule has 0 aliphatic carbocycles. The van der Waals surface area contributed by atoms with Crippen LogP contribution in [0.25, 0.3) is 6.08 Å². The Bertz CT molecular complexity index is 589. The molecule has 0 aromatic heterocycles. The van der Waals surface area contributed by atoms with Crippen LogP contribution in [0.5, 0.6) is 0 Å². The van der Waals surface area contributed by atoms with Crippen molar-refractivity contribution >= 4 is 19.3 Å². The van der Waals surface area contributed by atoms with Gasteiger partial charge in [-0.3, -0.25) is 0 Å². The van der Waals surface area contributed by atoms with Crippen LogP contribution in [0, 0.1) is 6.92 Å². The average molecular weight is 278 g/mol. The Morgan fingerprint density at radius 3 is 2.10 bits per heavy atom. The van der Waals surface area contributed by atoms with E-state index >= 15 is 0 Å². The van der Waals surface area contributed by atoms with Crippen LogP contribution in [-0.2, 0) is 0 Å². The fourth-order valence-electron chi connectivity index (χ4n) is 2.10. The summed E-state index contributed by atoms with van der Waals surface area (Å²) in [7, 11) is -1.46. The monoisotopic (exact) mass is 278 g/mol. The lowest BCUT2D eigenvalue weighted by Gasteiger charge is -2.17. The molecule has 0 nitrogen and oxygen atoms in total. The summed E-state index contributed by atoms with van der Waals surface area (Å²) < 4.78 is 0. The van der Waals surface area contributed by atoms with Crippen molar-refractivity contribution in [2.75, 3.05) is 0 Å². The third kappa shape index (κ3) is 4.07. The molecule has 2 aromatic rings. The first-order valence-electron chi connectivity index (χ1n) is 7.06. The maximum Gasteiger partial charge on any atom is 0.104 e. The first kappa shape index (κ1) is 14.5. The lowest BCUT2D eigenvalue weighted by Crippen LogP contribution is -2.39. The summed E-state index contributed by atoms with van der Waals surface area (Å²) in [5.74, 6) is 0. The standard InChI is InChI=1S/C19H22Si/c1-17-12-14-18(15-13-17)9-7-8-16-20(2,3)19-10-5-4-6-11-19/h4-16H,1-3H3/b9-7+,16-8+. The zero-order valence-electron chi connectivity index (χ0n) is 12.5. The fourth-order valence-corrected chi connectivity index (χ4v) is 3.94. The summed E-state index contributed by atoms with van der Waals surface area (Å²) in [5.41, 5.74) is 4.93. The predicted octanol–water partition coefficient (Wildman–Crippen LogP) is 4.72. The van der Waals surface area contributed by atoms with Crippen molar-refractivity contribution in [3.05, 3.63) is 83.6 Å². The van der Waals surface area contributed by atoms with Gasteiger partial charge in [0.15, 0.2) is 0 Å². The van der Waals surface area contributed by atoms with Crippen LogP contribution in [-0.4, -0.2) is 8.07 Å². The number of rotatable bonds is 4. The summed E-state index contributed by atoms with van der Waals surface area (Å²) in [4.78, 5) is 0. The minimum atomic E-state index is -1.46. The Balaban J connectivity index is 2.04. The minimum Gasteiger partial charge on any atom is -0.0903 e. The normalized spacial score (nSPS) is 12.3. The third-order valence-corrected chi connectivity index (χ3v) is 6.35. The maximum absolute atomic E-state index is 2.38. The molecule has 0 atom stereocenters. The highest BCUT2D eigenvalue weighted by molar-refractivity contribution is 6.93. The van der Waals surface area contributed by atoms with Crippen LogP contribution < -0.4 is 5.19 Å². The highest BCUT2D eigenvalue weighted by Crippen LogP contribution is 2.07. The smallest absolute Gasteiger partial charge is 0.0903 e. The van der Waals surface area contributed by atoms with E-state index < -0.39 is 8.07 Å². The van der Waals surface area contributed by atoms with Gasteiger partial charge in [0.2, 0.25) is 0 Å². The van der Waals surface area contributed by atoms with Crippen LogP contribution in [0.15, 0.2) is 72.4 Å². The second-order valence-electron chi connectivity index (χ2n) is 5.72. The van der Waals surface area contributed by atoms with E-state index in [4.69, 9.17) is 0 Å². The van der Waals surface area contributed by atoms with Crippen molar-refractivity contribution < 1.29 is 0 Å². The molecule has 0 bridgehead atoms.